The number of aromatic nitrogens is 2. The molecule has 0 spiro atoms. The highest BCUT2D eigenvalue weighted by Gasteiger charge is 2.25. The second-order valence-electron chi connectivity index (χ2n) is 15.0. The molecule has 1 aliphatic rings. The Bertz CT molecular complexity index is 2920. The molecule has 0 saturated heterocycles. The molecule has 0 saturated carbocycles. The Labute approximate surface area is 360 Å². The fourth-order valence-electron chi connectivity index (χ4n) is 7.64. The summed E-state index contributed by atoms with van der Waals surface area (Å²) >= 11 is 0. The van der Waals surface area contributed by atoms with Crippen molar-refractivity contribution >= 4 is 45.1 Å². The van der Waals surface area contributed by atoms with E-state index in [9.17, 15) is 0 Å². The summed E-state index contributed by atoms with van der Waals surface area (Å²) < 4.78 is 2.25. The van der Waals surface area contributed by atoms with E-state index < -0.39 is 0 Å². The number of allylic oxidation sites excluding steroid dienone is 10. The second-order valence-corrected chi connectivity index (χ2v) is 15.0. The second kappa shape index (κ2) is 19.3. The van der Waals surface area contributed by atoms with E-state index in [2.05, 4.69) is 141 Å². The highest BCUT2D eigenvalue weighted by atomic mass is 15.0. The highest BCUT2D eigenvalue weighted by molar-refractivity contribution is 6.32. The molecule has 0 unspecified atom stereocenters. The van der Waals surface area contributed by atoms with Crippen LogP contribution in [-0.4, -0.2) is 15.3 Å². The Balaban J connectivity index is 0.000000342. The van der Waals surface area contributed by atoms with E-state index in [0.29, 0.717) is 5.71 Å². The van der Waals surface area contributed by atoms with Crippen molar-refractivity contribution in [2.75, 3.05) is 5.32 Å². The van der Waals surface area contributed by atoms with Crippen LogP contribution in [0.4, 0.5) is 5.69 Å². The van der Waals surface area contributed by atoms with Crippen molar-refractivity contribution in [1.82, 2.24) is 9.55 Å². The molecule has 0 amide bonds. The topological polar surface area (TPSA) is 53.7 Å². The number of terminal acetylenes is 1. The van der Waals surface area contributed by atoms with Gasteiger partial charge in [-0.3, -0.25) is 0 Å². The van der Waals surface area contributed by atoms with Crippen LogP contribution in [0, 0.1) is 24.7 Å². The van der Waals surface area contributed by atoms with E-state index in [1.54, 1.807) is 6.08 Å². The Kier molecular flexibility index (Phi) is 13.1. The molecular formula is C57H50N4. The fraction of sp³-hybridized carbons (Fsp3) is 0.0877. The van der Waals surface area contributed by atoms with Gasteiger partial charge in [-0.15, -0.1) is 6.42 Å². The van der Waals surface area contributed by atoms with Gasteiger partial charge in [0.05, 0.1) is 28.3 Å². The van der Waals surface area contributed by atoms with E-state index in [4.69, 9.17) is 16.8 Å². The maximum Gasteiger partial charge on any atom is 0.0722 e. The number of anilines is 1. The SMILES string of the molecule is C#C/C=C(\C=C/C)c1cc(-c2ccccc2)cc(-c2ccc3c(c2)c2c(n3-c3ccccc3)/C(=C/Nc3ccccc3)C(=N)C=C2)n1.C/C=C\C(=C(C)C)c1ccccc1C. The summed E-state index contributed by atoms with van der Waals surface area (Å²) in [5.74, 6) is 2.68. The summed E-state index contributed by atoms with van der Waals surface area (Å²) in [5.41, 5.74) is 17.4. The summed E-state index contributed by atoms with van der Waals surface area (Å²) in [6.45, 7) is 10.5. The van der Waals surface area contributed by atoms with E-state index in [0.717, 1.165) is 72.8 Å². The lowest BCUT2D eigenvalue weighted by Crippen LogP contribution is -2.10. The molecule has 8 rings (SSSR count). The quantitative estimate of drug-likeness (QED) is 0.113. The molecule has 2 aromatic heterocycles. The van der Waals surface area contributed by atoms with Crippen LogP contribution in [0.1, 0.15) is 55.8 Å². The number of fused-ring (bicyclic) bond motifs is 3. The number of nitrogens with one attached hydrogen (secondary N) is 2. The van der Waals surface area contributed by atoms with Crippen molar-refractivity contribution in [1.29, 1.82) is 5.41 Å². The van der Waals surface area contributed by atoms with Crippen LogP contribution in [0.2, 0.25) is 0 Å². The number of pyridine rings is 1. The zero-order valence-corrected chi connectivity index (χ0v) is 35.4. The smallest absolute Gasteiger partial charge is 0.0722 e. The van der Waals surface area contributed by atoms with Gasteiger partial charge in [0.15, 0.2) is 0 Å². The van der Waals surface area contributed by atoms with Gasteiger partial charge >= 0.3 is 0 Å². The first kappa shape index (κ1) is 41.4. The molecule has 7 aromatic rings. The summed E-state index contributed by atoms with van der Waals surface area (Å²) in [5, 5.41) is 13.4. The first-order valence-electron chi connectivity index (χ1n) is 20.6. The lowest BCUT2D eigenvalue weighted by molar-refractivity contribution is 1.10. The van der Waals surface area contributed by atoms with Crippen LogP contribution in [0.25, 0.3) is 61.8 Å². The standard InChI is InChI=1S/C43H32N4.C14H18/c1-3-14-31(15-4-2)40-27-33(30-16-8-5-9-17-30)28-41(46-40)32-22-25-42-37(26-32)36-23-24-39(44)38(29-45-34-18-10-6-11-19-34)43(36)47(42)35-20-12-7-13-21-35;1-5-8-13(11(2)3)14-10-7-6-9-12(14)4/h1,4-29,44-45H,2H3;5-10H,1-4H3/b15-4-,31-14+,38-29+,44-39?;8-5-. The van der Waals surface area contributed by atoms with E-state index in [-0.39, 0.29) is 0 Å². The molecule has 0 atom stereocenters. The monoisotopic (exact) mass is 790 g/mol. The minimum Gasteiger partial charge on any atom is -0.361 e. The van der Waals surface area contributed by atoms with Crippen molar-refractivity contribution in [3.63, 3.8) is 0 Å². The van der Waals surface area contributed by atoms with E-state index >= 15 is 0 Å². The minimum absolute atomic E-state index is 0.444. The molecule has 0 radical (unpaired) electrons. The molecule has 1 aliphatic carbocycles. The molecule has 61 heavy (non-hydrogen) atoms. The average Bonchev–Trinajstić information content (AvgIpc) is 3.62. The molecule has 0 bridgehead atoms. The normalized spacial score (nSPS) is 13.0. The Hall–Kier alpha value is -7.74. The van der Waals surface area contributed by atoms with Crippen LogP contribution in [0.5, 0.6) is 0 Å². The minimum atomic E-state index is 0.444. The zero-order valence-electron chi connectivity index (χ0n) is 35.4. The molecule has 298 valence electrons. The first-order chi connectivity index (χ1) is 29.8. The molecule has 4 nitrogen and oxygen atoms in total. The summed E-state index contributed by atoms with van der Waals surface area (Å²) in [7, 11) is 0. The summed E-state index contributed by atoms with van der Waals surface area (Å²) in [4.78, 5) is 5.15. The van der Waals surface area contributed by atoms with Gasteiger partial charge in [0.2, 0.25) is 0 Å². The number of hydrogen-bond donors (Lipinski definition) is 2. The predicted octanol–water partition coefficient (Wildman–Crippen LogP) is 14.8. The van der Waals surface area contributed by atoms with Crippen molar-refractivity contribution < 1.29 is 0 Å². The largest absolute Gasteiger partial charge is 0.361 e. The number of para-hydroxylation sites is 2. The molecule has 4 heteroatoms. The highest BCUT2D eigenvalue weighted by Crippen LogP contribution is 2.40. The van der Waals surface area contributed by atoms with Gasteiger partial charge in [-0.25, -0.2) is 4.98 Å². The molecule has 5 aromatic carbocycles. The molecule has 0 fully saturated rings. The van der Waals surface area contributed by atoms with Crippen molar-refractivity contribution in [3.8, 4) is 40.4 Å². The fourth-order valence-corrected chi connectivity index (χ4v) is 7.64. The van der Waals surface area contributed by atoms with Crippen LogP contribution >= 0.6 is 0 Å². The number of rotatable bonds is 9. The Morgan fingerprint density at radius 2 is 1.39 bits per heavy atom. The lowest BCUT2D eigenvalue weighted by Gasteiger charge is -2.17. The molecule has 2 N–H and O–H groups in total. The maximum absolute atomic E-state index is 8.95. The van der Waals surface area contributed by atoms with Gasteiger partial charge in [-0.2, -0.15) is 0 Å². The predicted molar refractivity (Wildman–Crippen MR) is 263 cm³/mol. The van der Waals surface area contributed by atoms with Crippen molar-refractivity contribution in [2.45, 2.75) is 34.6 Å². The summed E-state index contributed by atoms with van der Waals surface area (Å²) in [6.07, 6.45) is 21.6. The Morgan fingerprint density at radius 3 is 2.07 bits per heavy atom. The van der Waals surface area contributed by atoms with Gasteiger partial charge in [0.25, 0.3) is 0 Å². The van der Waals surface area contributed by atoms with Crippen molar-refractivity contribution in [2.24, 2.45) is 0 Å². The van der Waals surface area contributed by atoms with Crippen LogP contribution in [-0.2, 0) is 0 Å². The number of benzene rings is 5. The molecule has 2 heterocycles. The third kappa shape index (κ3) is 9.28. The van der Waals surface area contributed by atoms with Crippen LogP contribution in [0.3, 0.4) is 0 Å². The van der Waals surface area contributed by atoms with E-state index in [1.807, 2.05) is 98.1 Å². The number of aryl methyl sites for hydroxylation is 1. The number of hydrogen-bond acceptors (Lipinski definition) is 3. The van der Waals surface area contributed by atoms with Crippen LogP contribution < -0.4 is 5.32 Å². The number of nitrogens with zero attached hydrogens (tertiary/aromatic N) is 2. The van der Waals surface area contributed by atoms with Gasteiger partial charge in [-0.1, -0.05) is 139 Å². The van der Waals surface area contributed by atoms with Gasteiger partial charge < -0.3 is 15.3 Å². The van der Waals surface area contributed by atoms with Gasteiger partial charge in [-0.05, 0) is 123 Å². The maximum atomic E-state index is 8.95. The first-order valence-corrected chi connectivity index (χ1v) is 20.6. The lowest BCUT2D eigenvalue weighted by atomic mass is 9.95. The Morgan fingerprint density at radius 1 is 0.721 bits per heavy atom. The summed E-state index contributed by atoms with van der Waals surface area (Å²) in [6, 6.07) is 50.0. The van der Waals surface area contributed by atoms with Gasteiger partial charge in [0, 0.05) is 45.2 Å². The zero-order chi connectivity index (χ0) is 42.7. The molecule has 0 aliphatic heterocycles. The van der Waals surface area contributed by atoms with Gasteiger partial charge in [0.1, 0.15) is 0 Å². The third-order valence-electron chi connectivity index (χ3n) is 10.6. The average molecular weight is 791 g/mol. The van der Waals surface area contributed by atoms with E-state index in [1.165, 1.54) is 22.3 Å². The third-order valence-corrected chi connectivity index (χ3v) is 10.6. The van der Waals surface area contributed by atoms with Crippen LogP contribution in [0.15, 0.2) is 194 Å². The molecular weight excluding hydrogens is 741 g/mol. The van der Waals surface area contributed by atoms with Crippen molar-refractivity contribution in [3.05, 3.63) is 222 Å².